The van der Waals surface area contributed by atoms with Crippen LogP contribution in [0.2, 0.25) is 0 Å². The predicted molar refractivity (Wildman–Crippen MR) is 137 cm³/mol. The summed E-state index contributed by atoms with van der Waals surface area (Å²) in [4.78, 5) is 18.5. The number of pyridine rings is 1. The number of aliphatic hydroxyl groups excluding tert-OH is 1. The largest absolute Gasteiger partial charge is 0.392 e. The molecule has 0 saturated carbocycles. The molecule has 1 aliphatic rings. The Hall–Kier alpha value is -2.75. The number of aromatic nitrogens is 2. The molecule has 3 aromatic rings. The minimum Gasteiger partial charge on any atom is -0.392 e. The maximum Gasteiger partial charge on any atom is 0.253 e. The van der Waals surface area contributed by atoms with Crippen LogP contribution in [-0.2, 0) is 10.0 Å². The number of fused-ring (bicyclic) bond motifs is 1. The minimum absolute atomic E-state index is 0.199. The molecule has 1 amide bonds. The van der Waals surface area contributed by atoms with Crippen LogP contribution in [0, 0.1) is 0 Å². The number of hydrogen-bond donors (Lipinski definition) is 1. The molecule has 1 N–H and O–H groups in total. The Labute approximate surface area is 207 Å². The Balaban J connectivity index is 1.76. The Bertz CT molecular complexity index is 1410. The Kier molecular flexibility index (Phi) is 6.54. The number of carbonyl (C=O) groups excluding carboxylic acids is 1. The number of aliphatic hydroxyl groups is 1. The summed E-state index contributed by atoms with van der Waals surface area (Å²) in [6.45, 7) is 3.56. The van der Waals surface area contributed by atoms with Crippen molar-refractivity contribution in [1.29, 1.82) is 0 Å². The average Bonchev–Trinajstić information content (AvgIpc) is 3.18. The second-order valence-corrected chi connectivity index (χ2v) is 12.0. The molecule has 0 saturated heterocycles. The fraction of sp³-hybridized carbons (Fsp3) is 0.280. The molecule has 0 spiro atoms. The molecule has 1 aliphatic carbocycles. The molecule has 7 nitrogen and oxygen atoms in total. The quantitative estimate of drug-likeness (QED) is 0.499. The fourth-order valence-corrected chi connectivity index (χ4v) is 6.64. The first-order chi connectivity index (χ1) is 16.0. The summed E-state index contributed by atoms with van der Waals surface area (Å²) in [5.41, 5.74) is 2.32. The number of likely N-dealkylation sites (N-methyl/N-ethyl adjacent to an activating group) is 1. The molecule has 1 unspecified atom stereocenters. The van der Waals surface area contributed by atoms with E-state index in [1.165, 1.54) is 8.87 Å². The van der Waals surface area contributed by atoms with Crippen molar-refractivity contribution in [2.45, 2.75) is 31.1 Å². The molecule has 1 aromatic carbocycles. The van der Waals surface area contributed by atoms with Crippen LogP contribution in [0.15, 0.2) is 71.5 Å². The van der Waals surface area contributed by atoms with E-state index >= 15 is 0 Å². The molecular formula is C25H26BrN3O4S. The SMILES string of the molecule is C[C@@H](O)CN(C)C(=O)c1ccc(-c2cn(S(=O)(=O)C3(C)C=C(Br)C=CC3)c3ncccc23)cc1. The average molecular weight is 544 g/mol. The van der Waals surface area contributed by atoms with E-state index < -0.39 is 20.9 Å². The molecule has 9 heteroatoms. The van der Waals surface area contributed by atoms with Crippen molar-refractivity contribution in [3.05, 3.63) is 77.1 Å². The summed E-state index contributed by atoms with van der Waals surface area (Å²) >= 11 is 3.40. The third-order valence-electron chi connectivity index (χ3n) is 5.95. The van der Waals surface area contributed by atoms with E-state index in [4.69, 9.17) is 0 Å². The van der Waals surface area contributed by atoms with Crippen molar-refractivity contribution >= 4 is 42.9 Å². The summed E-state index contributed by atoms with van der Waals surface area (Å²) in [6.07, 6.45) is 8.30. The second-order valence-electron chi connectivity index (χ2n) is 8.78. The number of hydrogen-bond acceptors (Lipinski definition) is 5. The molecule has 4 rings (SSSR count). The summed E-state index contributed by atoms with van der Waals surface area (Å²) in [5.74, 6) is -0.199. The summed E-state index contributed by atoms with van der Waals surface area (Å²) in [5, 5.41) is 10.2. The predicted octanol–water partition coefficient (Wildman–Crippen LogP) is 4.33. The lowest BCUT2D eigenvalue weighted by molar-refractivity contribution is 0.0703. The molecular weight excluding hydrogens is 518 g/mol. The van der Waals surface area contributed by atoms with Crippen LogP contribution in [0.1, 0.15) is 30.6 Å². The number of rotatable bonds is 6. The third kappa shape index (κ3) is 4.35. The van der Waals surface area contributed by atoms with Gasteiger partial charge in [0.05, 0.1) is 6.10 Å². The lowest BCUT2D eigenvalue weighted by Crippen LogP contribution is -2.38. The fourth-order valence-electron chi connectivity index (χ4n) is 4.14. The molecule has 2 aromatic heterocycles. The normalized spacial score (nSPS) is 19.1. The first-order valence-corrected chi connectivity index (χ1v) is 13.1. The highest BCUT2D eigenvalue weighted by molar-refractivity contribution is 9.11. The third-order valence-corrected chi connectivity index (χ3v) is 8.70. The number of halogens is 1. The lowest BCUT2D eigenvalue weighted by Gasteiger charge is -2.27. The maximum absolute atomic E-state index is 13.8. The second kappa shape index (κ2) is 9.13. The van der Waals surface area contributed by atoms with Crippen molar-refractivity contribution in [2.75, 3.05) is 13.6 Å². The molecule has 0 fully saturated rings. The summed E-state index contributed by atoms with van der Waals surface area (Å²) < 4.78 is 28.4. The summed E-state index contributed by atoms with van der Waals surface area (Å²) in [6, 6.07) is 10.6. The van der Waals surface area contributed by atoms with Crippen molar-refractivity contribution in [2.24, 2.45) is 0 Å². The van der Waals surface area contributed by atoms with Gasteiger partial charge in [0.15, 0.2) is 5.65 Å². The van der Waals surface area contributed by atoms with Crippen LogP contribution in [0.4, 0.5) is 0 Å². The van der Waals surface area contributed by atoms with Gasteiger partial charge in [0.2, 0.25) is 10.0 Å². The van der Waals surface area contributed by atoms with Gasteiger partial charge in [0, 0.05) is 47.0 Å². The van der Waals surface area contributed by atoms with Crippen LogP contribution < -0.4 is 0 Å². The van der Waals surface area contributed by atoms with Crippen molar-refractivity contribution in [3.8, 4) is 11.1 Å². The Morgan fingerprint density at radius 1 is 1.29 bits per heavy atom. The first kappa shape index (κ1) is 24.4. The number of allylic oxidation sites excluding steroid dienone is 3. The van der Waals surface area contributed by atoms with Gasteiger partial charge in [-0.2, -0.15) is 0 Å². The van der Waals surface area contributed by atoms with E-state index in [0.717, 1.165) is 10.0 Å². The molecule has 0 bridgehead atoms. The van der Waals surface area contributed by atoms with Crippen LogP contribution in [0.5, 0.6) is 0 Å². The highest BCUT2D eigenvalue weighted by Gasteiger charge is 2.40. The van der Waals surface area contributed by atoms with Crippen molar-refractivity contribution < 1.29 is 18.3 Å². The number of nitrogens with zero attached hydrogens (tertiary/aromatic N) is 3. The van der Waals surface area contributed by atoms with Crippen molar-refractivity contribution in [1.82, 2.24) is 13.9 Å². The van der Waals surface area contributed by atoms with E-state index in [0.29, 0.717) is 28.6 Å². The molecule has 0 radical (unpaired) electrons. The van der Waals surface area contributed by atoms with Gasteiger partial charge in [-0.3, -0.25) is 4.79 Å². The van der Waals surface area contributed by atoms with Gasteiger partial charge in [-0.15, -0.1) is 0 Å². The highest BCUT2D eigenvalue weighted by Crippen LogP contribution is 2.37. The summed E-state index contributed by atoms with van der Waals surface area (Å²) in [7, 11) is -2.20. The molecule has 2 heterocycles. The standard InChI is InChI=1S/C25H26BrN3O4S/c1-17(30)15-28(3)24(31)19-10-8-18(9-11-19)22-16-29(23-21(22)7-5-13-27-23)34(32,33)25(2)12-4-6-20(26)14-25/h4-11,13-14,16-17,30H,12,15H2,1-3H3/t17-,25?/m1/s1. The molecule has 0 aliphatic heterocycles. The van der Waals surface area contributed by atoms with E-state index in [1.807, 2.05) is 18.2 Å². The maximum atomic E-state index is 13.8. The first-order valence-electron chi connectivity index (χ1n) is 10.8. The zero-order valence-electron chi connectivity index (χ0n) is 19.1. The molecule has 2 atom stereocenters. The topological polar surface area (TPSA) is 92.5 Å². The molecule has 34 heavy (non-hydrogen) atoms. The van der Waals surface area contributed by atoms with E-state index in [2.05, 4.69) is 20.9 Å². The number of amides is 1. The van der Waals surface area contributed by atoms with Crippen molar-refractivity contribution in [3.63, 3.8) is 0 Å². The van der Waals surface area contributed by atoms with Crippen LogP contribution in [-0.4, -0.2) is 57.7 Å². The zero-order chi connectivity index (χ0) is 24.7. The molecule has 178 valence electrons. The van der Waals surface area contributed by atoms with E-state index in [1.54, 1.807) is 69.7 Å². The van der Waals surface area contributed by atoms with Gasteiger partial charge < -0.3 is 10.0 Å². The van der Waals surface area contributed by atoms with Crippen LogP contribution >= 0.6 is 15.9 Å². The van der Waals surface area contributed by atoms with Gasteiger partial charge in [-0.1, -0.05) is 40.2 Å². The smallest absolute Gasteiger partial charge is 0.253 e. The highest BCUT2D eigenvalue weighted by atomic mass is 79.9. The van der Waals surface area contributed by atoms with Gasteiger partial charge in [0.25, 0.3) is 5.91 Å². The van der Waals surface area contributed by atoms with E-state index in [-0.39, 0.29) is 12.5 Å². The number of carbonyl (C=O) groups is 1. The number of benzene rings is 1. The monoisotopic (exact) mass is 543 g/mol. The lowest BCUT2D eigenvalue weighted by atomic mass is 10.0. The van der Waals surface area contributed by atoms with Crippen LogP contribution in [0.3, 0.4) is 0 Å². The Morgan fingerprint density at radius 2 is 2.00 bits per heavy atom. The van der Waals surface area contributed by atoms with Crippen LogP contribution in [0.25, 0.3) is 22.2 Å². The van der Waals surface area contributed by atoms with Gasteiger partial charge in [0.1, 0.15) is 4.75 Å². The minimum atomic E-state index is -3.84. The van der Waals surface area contributed by atoms with Gasteiger partial charge in [-0.25, -0.2) is 17.4 Å². The van der Waals surface area contributed by atoms with Gasteiger partial charge in [-0.05, 0) is 56.2 Å². The van der Waals surface area contributed by atoms with Gasteiger partial charge >= 0.3 is 0 Å². The van der Waals surface area contributed by atoms with E-state index in [9.17, 15) is 18.3 Å². The zero-order valence-corrected chi connectivity index (χ0v) is 21.5. The Morgan fingerprint density at radius 3 is 2.65 bits per heavy atom.